The second-order valence-corrected chi connectivity index (χ2v) is 7.30. The van der Waals surface area contributed by atoms with Crippen LogP contribution in [0.5, 0.6) is 11.5 Å². The topological polar surface area (TPSA) is 65.1 Å². The van der Waals surface area contributed by atoms with Crippen molar-refractivity contribution in [2.45, 2.75) is 26.4 Å². The number of esters is 1. The van der Waals surface area contributed by atoms with Gasteiger partial charge in [0.05, 0.1) is 12.7 Å². The molecule has 0 spiro atoms. The SMILES string of the molecule is COc1cc(C(=O)OCC(=O)N2CCC[C@H](C)C2)ccc1OCc1ccccc1. The van der Waals surface area contributed by atoms with E-state index in [1.165, 1.54) is 7.11 Å². The van der Waals surface area contributed by atoms with Crippen molar-refractivity contribution in [2.75, 3.05) is 26.8 Å². The summed E-state index contributed by atoms with van der Waals surface area (Å²) < 4.78 is 16.4. The lowest BCUT2D eigenvalue weighted by atomic mass is 10.0. The van der Waals surface area contributed by atoms with Crippen LogP contribution in [-0.2, 0) is 16.1 Å². The first kappa shape index (κ1) is 20.7. The molecule has 0 aliphatic carbocycles. The number of carbonyl (C=O) groups is 2. The largest absolute Gasteiger partial charge is 0.493 e. The zero-order valence-corrected chi connectivity index (χ0v) is 16.9. The average Bonchev–Trinajstić information content (AvgIpc) is 2.76. The summed E-state index contributed by atoms with van der Waals surface area (Å²) in [6, 6.07) is 14.6. The molecule has 154 valence electrons. The van der Waals surface area contributed by atoms with Crippen molar-refractivity contribution in [3.63, 3.8) is 0 Å². The monoisotopic (exact) mass is 397 g/mol. The van der Waals surface area contributed by atoms with Crippen LogP contribution in [0.3, 0.4) is 0 Å². The fourth-order valence-electron chi connectivity index (χ4n) is 3.37. The zero-order valence-electron chi connectivity index (χ0n) is 16.9. The van der Waals surface area contributed by atoms with Crippen LogP contribution in [-0.4, -0.2) is 43.6 Å². The average molecular weight is 397 g/mol. The van der Waals surface area contributed by atoms with Crippen LogP contribution in [0.25, 0.3) is 0 Å². The molecule has 0 radical (unpaired) electrons. The molecule has 0 bridgehead atoms. The summed E-state index contributed by atoms with van der Waals surface area (Å²) in [5.74, 6) is 0.741. The van der Waals surface area contributed by atoms with Crippen LogP contribution in [0, 0.1) is 5.92 Å². The maximum atomic E-state index is 12.4. The van der Waals surface area contributed by atoms with Gasteiger partial charge in [0.1, 0.15) is 6.61 Å². The Morgan fingerprint density at radius 3 is 2.62 bits per heavy atom. The second-order valence-electron chi connectivity index (χ2n) is 7.30. The molecule has 0 unspecified atom stereocenters. The van der Waals surface area contributed by atoms with Gasteiger partial charge in [-0.2, -0.15) is 0 Å². The molecule has 0 saturated carbocycles. The van der Waals surface area contributed by atoms with Gasteiger partial charge in [-0.15, -0.1) is 0 Å². The highest BCUT2D eigenvalue weighted by Gasteiger charge is 2.22. The maximum absolute atomic E-state index is 12.4. The number of hydrogen-bond acceptors (Lipinski definition) is 5. The summed E-state index contributed by atoms with van der Waals surface area (Å²) >= 11 is 0. The summed E-state index contributed by atoms with van der Waals surface area (Å²) in [5, 5.41) is 0. The predicted molar refractivity (Wildman–Crippen MR) is 109 cm³/mol. The van der Waals surface area contributed by atoms with E-state index in [1.54, 1.807) is 23.1 Å². The molecular weight excluding hydrogens is 370 g/mol. The summed E-state index contributed by atoms with van der Waals surface area (Å²) in [7, 11) is 1.51. The predicted octanol–water partition coefficient (Wildman–Crippen LogP) is 3.69. The molecule has 6 nitrogen and oxygen atoms in total. The van der Waals surface area contributed by atoms with Crippen molar-refractivity contribution >= 4 is 11.9 Å². The number of likely N-dealkylation sites (tertiary alicyclic amines) is 1. The molecule has 1 aliphatic heterocycles. The van der Waals surface area contributed by atoms with Gasteiger partial charge < -0.3 is 19.1 Å². The number of rotatable bonds is 7. The van der Waals surface area contributed by atoms with Gasteiger partial charge >= 0.3 is 5.97 Å². The third kappa shape index (κ3) is 5.73. The summed E-state index contributed by atoms with van der Waals surface area (Å²) in [5.41, 5.74) is 1.34. The number of piperidine rings is 1. The molecule has 1 saturated heterocycles. The lowest BCUT2D eigenvalue weighted by Gasteiger charge is -2.30. The Labute approximate surface area is 171 Å². The maximum Gasteiger partial charge on any atom is 0.338 e. The number of methoxy groups -OCH3 is 1. The van der Waals surface area contributed by atoms with Gasteiger partial charge in [-0.1, -0.05) is 37.3 Å². The normalized spacial score (nSPS) is 16.2. The Kier molecular flexibility index (Phi) is 7.11. The minimum atomic E-state index is -0.559. The van der Waals surface area contributed by atoms with Crippen molar-refractivity contribution in [3.8, 4) is 11.5 Å². The van der Waals surface area contributed by atoms with Crippen LogP contribution < -0.4 is 9.47 Å². The fourth-order valence-corrected chi connectivity index (χ4v) is 3.37. The number of amides is 1. The van der Waals surface area contributed by atoms with Crippen LogP contribution in [0.1, 0.15) is 35.7 Å². The van der Waals surface area contributed by atoms with Crippen LogP contribution >= 0.6 is 0 Å². The van der Waals surface area contributed by atoms with E-state index in [0.717, 1.165) is 31.5 Å². The van der Waals surface area contributed by atoms with Gasteiger partial charge in [0.2, 0.25) is 0 Å². The van der Waals surface area contributed by atoms with Gasteiger partial charge in [0.25, 0.3) is 5.91 Å². The third-order valence-corrected chi connectivity index (χ3v) is 4.97. The quantitative estimate of drug-likeness (QED) is 0.667. The van der Waals surface area contributed by atoms with Gasteiger partial charge in [-0.25, -0.2) is 4.79 Å². The minimum Gasteiger partial charge on any atom is -0.493 e. The molecule has 1 heterocycles. The highest BCUT2D eigenvalue weighted by molar-refractivity contribution is 5.92. The van der Waals surface area contributed by atoms with E-state index in [4.69, 9.17) is 14.2 Å². The lowest BCUT2D eigenvalue weighted by Crippen LogP contribution is -2.41. The Balaban J connectivity index is 1.57. The fraction of sp³-hybridized carbons (Fsp3) is 0.391. The molecule has 2 aromatic rings. The summed E-state index contributed by atoms with van der Waals surface area (Å²) in [4.78, 5) is 26.4. The van der Waals surface area contributed by atoms with E-state index >= 15 is 0 Å². The Hall–Kier alpha value is -3.02. The highest BCUT2D eigenvalue weighted by atomic mass is 16.5. The second kappa shape index (κ2) is 9.96. The minimum absolute atomic E-state index is 0.153. The van der Waals surface area contributed by atoms with Gasteiger partial charge in [0.15, 0.2) is 18.1 Å². The highest BCUT2D eigenvalue weighted by Crippen LogP contribution is 2.29. The smallest absolute Gasteiger partial charge is 0.338 e. The molecular formula is C23H27NO5. The van der Waals surface area contributed by atoms with Crippen LogP contribution in [0.4, 0.5) is 0 Å². The molecule has 0 aromatic heterocycles. The molecule has 6 heteroatoms. The van der Waals surface area contributed by atoms with Gasteiger partial charge in [-0.05, 0) is 42.5 Å². The summed E-state index contributed by atoms with van der Waals surface area (Å²) in [6.45, 7) is 3.71. The molecule has 29 heavy (non-hydrogen) atoms. The first-order chi connectivity index (χ1) is 14.1. The molecule has 0 N–H and O–H groups in total. The standard InChI is InChI=1S/C23H27NO5/c1-17-7-6-12-24(14-17)22(25)16-29-23(26)19-10-11-20(21(13-19)27-2)28-15-18-8-4-3-5-9-18/h3-5,8-11,13,17H,6-7,12,14-16H2,1-2H3/t17-/m0/s1. The van der Waals surface area contributed by atoms with Gasteiger partial charge in [-0.3, -0.25) is 4.79 Å². The molecule has 1 atom stereocenters. The van der Waals surface area contributed by atoms with E-state index in [9.17, 15) is 9.59 Å². The Morgan fingerprint density at radius 2 is 1.90 bits per heavy atom. The van der Waals surface area contributed by atoms with Crippen molar-refractivity contribution in [1.82, 2.24) is 4.90 Å². The molecule has 1 amide bonds. The van der Waals surface area contributed by atoms with E-state index in [-0.39, 0.29) is 12.5 Å². The third-order valence-electron chi connectivity index (χ3n) is 4.97. The van der Waals surface area contributed by atoms with Crippen LogP contribution in [0.15, 0.2) is 48.5 Å². The molecule has 1 fully saturated rings. The number of benzene rings is 2. The van der Waals surface area contributed by atoms with E-state index < -0.39 is 5.97 Å². The number of ether oxygens (including phenoxy) is 3. The van der Waals surface area contributed by atoms with Gasteiger partial charge in [0, 0.05) is 13.1 Å². The zero-order chi connectivity index (χ0) is 20.6. The first-order valence-electron chi connectivity index (χ1n) is 9.86. The molecule has 2 aromatic carbocycles. The van der Waals surface area contributed by atoms with E-state index in [1.807, 2.05) is 30.3 Å². The summed E-state index contributed by atoms with van der Waals surface area (Å²) in [6.07, 6.45) is 2.12. The first-order valence-corrected chi connectivity index (χ1v) is 9.86. The van der Waals surface area contributed by atoms with Crippen LogP contribution in [0.2, 0.25) is 0 Å². The molecule has 1 aliphatic rings. The van der Waals surface area contributed by atoms with Crippen molar-refractivity contribution in [2.24, 2.45) is 5.92 Å². The van der Waals surface area contributed by atoms with E-state index in [2.05, 4.69) is 6.92 Å². The van der Waals surface area contributed by atoms with Crippen molar-refractivity contribution in [3.05, 3.63) is 59.7 Å². The molecule has 3 rings (SSSR count). The lowest BCUT2D eigenvalue weighted by molar-refractivity contribution is -0.136. The number of carbonyl (C=O) groups excluding carboxylic acids is 2. The van der Waals surface area contributed by atoms with Crippen molar-refractivity contribution in [1.29, 1.82) is 0 Å². The Morgan fingerprint density at radius 1 is 1.10 bits per heavy atom. The number of hydrogen-bond donors (Lipinski definition) is 0. The van der Waals surface area contributed by atoms with E-state index in [0.29, 0.717) is 29.6 Å². The Bertz CT molecular complexity index is 836. The van der Waals surface area contributed by atoms with Crippen molar-refractivity contribution < 1.29 is 23.8 Å². The number of nitrogens with zero attached hydrogens (tertiary/aromatic N) is 1.